The molecule has 5 rings (SSSR count). The Labute approximate surface area is 178 Å². The van der Waals surface area contributed by atoms with Gasteiger partial charge >= 0.3 is 0 Å². The Bertz CT molecular complexity index is 1160. The van der Waals surface area contributed by atoms with E-state index in [-0.39, 0.29) is 29.4 Å². The van der Waals surface area contributed by atoms with Crippen molar-refractivity contribution in [3.8, 4) is 0 Å². The number of anilines is 1. The summed E-state index contributed by atoms with van der Waals surface area (Å²) < 4.78 is 15.9. The van der Waals surface area contributed by atoms with Crippen LogP contribution in [-0.4, -0.2) is 39.7 Å². The third kappa shape index (κ3) is 3.28. The fourth-order valence-electron chi connectivity index (χ4n) is 4.69. The van der Waals surface area contributed by atoms with Crippen LogP contribution in [0, 0.1) is 17.7 Å². The lowest BCUT2D eigenvalue weighted by Gasteiger charge is -2.23. The van der Waals surface area contributed by atoms with Crippen LogP contribution in [0.1, 0.15) is 34.5 Å². The summed E-state index contributed by atoms with van der Waals surface area (Å²) >= 11 is 0. The molecule has 1 unspecified atom stereocenters. The van der Waals surface area contributed by atoms with Crippen LogP contribution in [0.4, 0.5) is 10.2 Å². The lowest BCUT2D eigenvalue weighted by Crippen LogP contribution is -2.49. The first-order valence-electron chi connectivity index (χ1n) is 10.3. The molecule has 3 heterocycles. The van der Waals surface area contributed by atoms with Gasteiger partial charge in [-0.15, -0.1) is 0 Å². The highest BCUT2D eigenvalue weighted by atomic mass is 19.1. The highest BCUT2D eigenvalue weighted by Crippen LogP contribution is 2.58. The van der Waals surface area contributed by atoms with Crippen LogP contribution in [0.15, 0.2) is 54.9 Å². The van der Waals surface area contributed by atoms with Crippen molar-refractivity contribution in [3.63, 3.8) is 0 Å². The number of hydrogen-bond acceptors (Lipinski definition) is 4. The monoisotopic (exact) mass is 419 g/mol. The summed E-state index contributed by atoms with van der Waals surface area (Å²) in [5.41, 5.74) is 1.64. The molecule has 0 saturated heterocycles. The second-order valence-corrected chi connectivity index (χ2v) is 8.24. The number of nitrogens with zero attached hydrogens (tertiary/aromatic N) is 4. The van der Waals surface area contributed by atoms with Gasteiger partial charge in [0.25, 0.3) is 11.8 Å². The SMILES string of the molecule is C[C@@H]1C2[C@H](NC(=O)c3nn(Cc4ccccc4)cc3F)C(=O)N(C)c3ncccc3[C@@H]21. The molecule has 158 valence electrons. The molecule has 2 aliphatic rings. The van der Waals surface area contributed by atoms with Crippen LogP contribution in [0.5, 0.6) is 0 Å². The van der Waals surface area contributed by atoms with Crippen LogP contribution in [0.2, 0.25) is 0 Å². The summed E-state index contributed by atoms with van der Waals surface area (Å²) in [7, 11) is 1.65. The average molecular weight is 419 g/mol. The zero-order chi connectivity index (χ0) is 21.7. The fraction of sp³-hybridized carbons (Fsp3) is 0.304. The molecule has 4 atom stereocenters. The summed E-state index contributed by atoms with van der Waals surface area (Å²) in [4.78, 5) is 31.9. The van der Waals surface area contributed by atoms with Gasteiger partial charge < -0.3 is 5.32 Å². The van der Waals surface area contributed by atoms with E-state index in [0.717, 1.165) is 11.1 Å². The number of carbonyl (C=O) groups excluding carboxylic acids is 2. The smallest absolute Gasteiger partial charge is 0.275 e. The standard InChI is InChI=1S/C23H22FN5O2/c1-13-17-15-9-6-10-25-21(15)28(2)23(31)20(18(13)17)26-22(30)19-16(24)12-29(27-19)11-14-7-4-3-5-8-14/h3-10,12-13,17-18,20H,11H2,1-2H3,(H,26,30)/t13-,17-,18?,20-/m0/s1. The molecule has 0 spiro atoms. The lowest BCUT2D eigenvalue weighted by atomic mass is 10.1. The van der Waals surface area contributed by atoms with Gasteiger partial charge in [-0.1, -0.05) is 43.3 Å². The third-order valence-electron chi connectivity index (χ3n) is 6.33. The number of nitrogens with one attached hydrogen (secondary N) is 1. The van der Waals surface area contributed by atoms with Gasteiger partial charge in [0.1, 0.15) is 11.9 Å². The molecular weight excluding hydrogens is 397 g/mol. The summed E-state index contributed by atoms with van der Waals surface area (Å²) in [6.45, 7) is 2.40. The number of halogens is 1. The molecule has 1 aliphatic heterocycles. The van der Waals surface area contributed by atoms with E-state index in [9.17, 15) is 14.0 Å². The number of likely N-dealkylation sites (N-methyl/N-ethyl adjacent to an activating group) is 1. The van der Waals surface area contributed by atoms with E-state index in [2.05, 4.69) is 22.3 Å². The van der Waals surface area contributed by atoms with Crippen molar-refractivity contribution in [1.82, 2.24) is 20.1 Å². The van der Waals surface area contributed by atoms with Crippen molar-refractivity contribution in [2.24, 2.45) is 11.8 Å². The van der Waals surface area contributed by atoms with Gasteiger partial charge in [-0.2, -0.15) is 5.10 Å². The number of pyridine rings is 1. The maximum absolute atomic E-state index is 14.5. The molecular formula is C23H22FN5O2. The number of amides is 2. The van der Waals surface area contributed by atoms with E-state index >= 15 is 0 Å². The van der Waals surface area contributed by atoms with Gasteiger partial charge in [-0.3, -0.25) is 19.2 Å². The number of rotatable bonds is 4. The van der Waals surface area contributed by atoms with Crippen molar-refractivity contribution in [3.05, 3.63) is 77.5 Å². The predicted octanol–water partition coefficient (Wildman–Crippen LogP) is 2.59. The van der Waals surface area contributed by atoms with Crippen LogP contribution < -0.4 is 10.2 Å². The van der Waals surface area contributed by atoms with Gasteiger partial charge in [0.05, 0.1) is 12.7 Å². The molecule has 7 nitrogen and oxygen atoms in total. The van der Waals surface area contributed by atoms with E-state index in [1.807, 2.05) is 42.5 Å². The quantitative estimate of drug-likeness (QED) is 0.705. The van der Waals surface area contributed by atoms with Gasteiger partial charge in [0.2, 0.25) is 0 Å². The Balaban J connectivity index is 1.38. The second-order valence-electron chi connectivity index (χ2n) is 8.24. The minimum absolute atomic E-state index is 0.0567. The van der Waals surface area contributed by atoms with E-state index in [1.165, 1.54) is 15.8 Å². The molecule has 0 radical (unpaired) electrons. The Morgan fingerprint density at radius 2 is 1.97 bits per heavy atom. The van der Waals surface area contributed by atoms with E-state index in [1.54, 1.807) is 13.2 Å². The Kier molecular flexibility index (Phi) is 4.57. The lowest BCUT2D eigenvalue weighted by molar-refractivity contribution is -0.120. The third-order valence-corrected chi connectivity index (χ3v) is 6.33. The number of hydrogen-bond donors (Lipinski definition) is 1. The fourth-order valence-corrected chi connectivity index (χ4v) is 4.69. The summed E-state index contributed by atoms with van der Waals surface area (Å²) in [5, 5.41) is 6.88. The van der Waals surface area contributed by atoms with E-state index < -0.39 is 17.8 Å². The zero-order valence-electron chi connectivity index (χ0n) is 17.2. The first-order chi connectivity index (χ1) is 15.0. The van der Waals surface area contributed by atoms with Gasteiger partial charge in [-0.05, 0) is 34.9 Å². The normalized spacial score (nSPS) is 24.2. The number of aromatic nitrogens is 3. The number of fused-ring (bicyclic) bond motifs is 3. The maximum Gasteiger partial charge on any atom is 0.275 e. The summed E-state index contributed by atoms with van der Waals surface area (Å²) in [6.07, 6.45) is 2.85. The summed E-state index contributed by atoms with van der Waals surface area (Å²) in [6, 6.07) is 12.5. The van der Waals surface area contributed by atoms with Crippen molar-refractivity contribution in [2.45, 2.75) is 25.4 Å². The predicted molar refractivity (Wildman–Crippen MR) is 112 cm³/mol. The molecule has 3 aromatic rings. The molecule has 1 saturated carbocycles. The molecule has 1 aliphatic carbocycles. The molecule has 31 heavy (non-hydrogen) atoms. The molecule has 2 aromatic heterocycles. The molecule has 0 bridgehead atoms. The maximum atomic E-state index is 14.5. The molecule has 1 aromatic carbocycles. The van der Waals surface area contributed by atoms with Crippen molar-refractivity contribution >= 4 is 17.6 Å². The van der Waals surface area contributed by atoms with Crippen molar-refractivity contribution < 1.29 is 14.0 Å². The Morgan fingerprint density at radius 3 is 2.74 bits per heavy atom. The van der Waals surface area contributed by atoms with Crippen LogP contribution >= 0.6 is 0 Å². The summed E-state index contributed by atoms with van der Waals surface area (Å²) in [5.74, 6) is -0.759. The highest BCUT2D eigenvalue weighted by Gasteiger charge is 2.58. The topological polar surface area (TPSA) is 80.1 Å². The second kappa shape index (κ2) is 7.30. The van der Waals surface area contributed by atoms with Crippen LogP contribution in [-0.2, 0) is 11.3 Å². The van der Waals surface area contributed by atoms with Crippen LogP contribution in [0.25, 0.3) is 0 Å². The van der Waals surface area contributed by atoms with Crippen LogP contribution in [0.3, 0.4) is 0 Å². The first-order valence-corrected chi connectivity index (χ1v) is 10.3. The first kappa shape index (κ1) is 19.4. The molecule has 1 N–H and O–H groups in total. The van der Waals surface area contributed by atoms with E-state index in [0.29, 0.717) is 12.4 Å². The van der Waals surface area contributed by atoms with Gasteiger partial charge in [0.15, 0.2) is 11.5 Å². The highest BCUT2D eigenvalue weighted by molar-refractivity contribution is 6.02. The molecule has 1 fully saturated rings. The number of carbonyl (C=O) groups is 2. The zero-order valence-corrected chi connectivity index (χ0v) is 17.2. The number of benzene rings is 1. The van der Waals surface area contributed by atoms with E-state index in [4.69, 9.17) is 0 Å². The van der Waals surface area contributed by atoms with Crippen molar-refractivity contribution in [2.75, 3.05) is 11.9 Å². The largest absolute Gasteiger partial charge is 0.338 e. The Hall–Kier alpha value is -3.55. The molecule has 2 amide bonds. The Morgan fingerprint density at radius 1 is 1.19 bits per heavy atom. The molecule has 8 heteroatoms. The minimum Gasteiger partial charge on any atom is -0.338 e. The van der Waals surface area contributed by atoms with Gasteiger partial charge in [0, 0.05) is 13.2 Å². The van der Waals surface area contributed by atoms with Crippen molar-refractivity contribution in [1.29, 1.82) is 0 Å². The average Bonchev–Trinajstić information content (AvgIpc) is 3.31. The van der Waals surface area contributed by atoms with Gasteiger partial charge in [-0.25, -0.2) is 9.37 Å². The minimum atomic E-state index is -0.759.